The average Bonchev–Trinajstić information content (AvgIpc) is 2.99. The highest BCUT2D eigenvalue weighted by Gasteiger charge is 2.38. The Hall–Kier alpha value is -1.79. The third kappa shape index (κ3) is 1.79. The molecule has 1 atom stereocenters. The number of aryl methyl sites for hydroxylation is 1. The summed E-state index contributed by atoms with van der Waals surface area (Å²) in [6.07, 6.45) is 2.39. The van der Waals surface area contributed by atoms with Crippen LogP contribution in [0.15, 0.2) is 22.9 Å². The maximum atomic E-state index is 6.17. The van der Waals surface area contributed by atoms with Crippen LogP contribution in [0.4, 0.5) is 0 Å². The fourth-order valence-corrected chi connectivity index (χ4v) is 1.99. The molecular formula is C12H14N4O2. The van der Waals surface area contributed by atoms with Gasteiger partial charge in [-0.25, -0.2) is 0 Å². The first kappa shape index (κ1) is 11.3. The van der Waals surface area contributed by atoms with Crippen LogP contribution in [0.2, 0.25) is 0 Å². The second kappa shape index (κ2) is 4.15. The summed E-state index contributed by atoms with van der Waals surface area (Å²) in [7, 11) is 0. The maximum absolute atomic E-state index is 6.17. The molecule has 6 nitrogen and oxygen atoms in total. The molecule has 2 aromatic heterocycles. The fraction of sp³-hybridized carbons (Fsp3) is 0.417. The molecule has 6 heteroatoms. The van der Waals surface area contributed by atoms with Crippen LogP contribution < -0.4 is 5.73 Å². The van der Waals surface area contributed by atoms with E-state index in [-0.39, 0.29) is 0 Å². The Kier molecular flexibility index (Phi) is 2.61. The van der Waals surface area contributed by atoms with Gasteiger partial charge in [-0.1, -0.05) is 11.2 Å². The Labute approximate surface area is 104 Å². The molecule has 1 saturated heterocycles. The molecule has 0 saturated carbocycles. The standard InChI is InChI=1S/C12H14N4O2/c1-8-3-2-5-14-9(8)10-15-11(18-16-10)12(13)4-6-17-7-12/h2-3,5H,4,6-7,13H2,1H3. The van der Waals surface area contributed by atoms with Gasteiger partial charge >= 0.3 is 0 Å². The highest BCUT2D eigenvalue weighted by Crippen LogP contribution is 2.28. The molecule has 94 valence electrons. The highest BCUT2D eigenvalue weighted by molar-refractivity contribution is 5.53. The van der Waals surface area contributed by atoms with Crippen molar-refractivity contribution in [2.45, 2.75) is 18.9 Å². The summed E-state index contributed by atoms with van der Waals surface area (Å²) in [5.41, 5.74) is 7.23. The van der Waals surface area contributed by atoms with Crippen molar-refractivity contribution in [2.24, 2.45) is 5.73 Å². The van der Waals surface area contributed by atoms with Gasteiger partial charge in [-0.2, -0.15) is 4.98 Å². The fourth-order valence-electron chi connectivity index (χ4n) is 1.99. The van der Waals surface area contributed by atoms with E-state index in [2.05, 4.69) is 15.1 Å². The van der Waals surface area contributed by atoms with Gasteiger partial charge < -0.3 is 15.0 Å². The van der Waals surface area contributed by atoms with Crippen molar-refractivity contribution in [3.05, 3.63) is 29.8 Å². The quantitative estimate of drug-likeness (QED) is 0.851. The second-order valence-electron chi connectivity index (χ2n) is 4.55. The van der Waals surface area contributed by atoms with E-state index in [1.807, 2.05) is 19.1 Å². The molecule has 0 amide bonds. The zero-order chi connectivity index (χ0) is 12.6. The van der Waals surface area contributed by atoms with Gasteiger partial charge in [0, 0.05) is 12.8 Å². The third-order valence-electron chi connectivity index (χ3n) is 3.13. The number of ether oxygens (including phenoxy) is 1. The summed E-state index contributed by atoms with van der Waals surface area (Å²) in [5, 5.41) is 3.95. The predicted octanol–water partition coefficient (Wildman–Crippen LogP) is 1.01. The minimum absolute atomic E-state index is 0.413. The van der Waals surface area contributed by atoms with Gasteiger partial charge in [-0.05, 0) is 25.0 Å². The molecular weight excluding hydrogens is 232 g/mol. The molecule has 0 aliphatic carbocycles. The van der Waals surface area contributed by atoms with Crippen molar-refractivity contribution < 1.29 is 9.26 Å². The van der Waals surface area contributed by atoms with Crippen LogP contribution in [0, 0.1) is 6.92 Å². The van der Waals surface area contributed by atoms with E-state index in [0.29, 0.717) is 31.3 Å². The van der Waals surface area contributed by atoms with Gasteiger partial charge in [0.05, 0.1) is 6.61 Å². The summed E-state index contributed by atoms with van der Waals surface area (Å²) in [5.74, 6) is 0.889. The zero-order valence-electron chi connectivity index (χ0n) is 10.1. The molecule has 0 radical (unpaired) electrons. The summed E-state index contributed by atoms with van der Waals surface area (Å²) >= 11 is 0. The molecule has 1 fully saturated rings. The van der Waals surface area contributed by atoms with E-state index in [0.717, 1.165) is 11.3 Å². The molecule has 1 aliphatic heterocycles. The Morgan fingerprint density at radius 3 is 3.06 bits per heavy atom. The molecule has 1 aliphatic rings. The Bertz CT molecular complexity index is 561. The Morgan fingerprint density at radius 2 is 2.33 bits per heavy atom. The number of hydrogen-bond acceptors (Lipinski definition) is 6. The monoisotopic (exact) mass is 246 g/mol. The average molecular weight is 246 g/mol. The molecule has 18 heavy (non-hydrogen) atoms. The van der Waals surface area contributed by atoms with Crippen molar-refractivity contribution in [1.29, 1.82) is 0 Å². The van der Waals surface area contributed by atoms with Crippen molar-refractivity contribution >= 4 is 0 Å². The van der Waals surface area contributed by atoms with Crippen molar-refractivity contribution in [2.75, 3.05) is 13.2 Å². The molecule has 0 bridgehead atoms. The summed E-state index contributed by atoms with van der Waals surface area (Å²) in [4.78, 5) is 8.60. The topological polar surface area (TPSA) is 87.1 Å². The highest BCUT2D eigenvalue weighted by atomic mass is 16.5. The number of aromatic nitrogens is 3. The number of rotatable bonds is 2. The zero-order valence-corrected chi connectivity index (χ0v) is 10.1. The van der Waals surface area contributed by atoms with E-state index >= 15 is 0 Å². The number of hydrogen-bond donors (Lipinski definition) is 1. The molecule has 3 heterocycles. The van der Waals surface area contributed by atoms with E-state index in [9.17, 15) is 0 Å². The van der Waals surface area contributed by atoms with Gasteiger partial charge in [-0.3, -0.25) is 4.98 Å². The first-order valence-corrected chi connectivity index (χ1v) is 5.82. The summed E-state index contributed by atoms with van der Waals surface area (Å²) < 4.78 is 10.5. The van der Waals surface area contributed by atoms with Gasteiger partial charge in [0.15, 0.2) is 0 Å². The van der Waals surface area contributed by atoms with Crippen LogP contribution in [-0.2, 0) is 10.3 Å². The van der Waals surface area contributed by atoms with Crippen LogP contribution in [0.5, 0.6) is 0 Å². The molecule has 0 aromatic carbocycles. The first-order valence-electron chi connectivity index (χ1n) is 5.82. The summed E-state index contributed by atoms with van der Waals surface area (Å²) in [6, 6.07) is 3.82. The molecule has 1 unspecified atom stereocenters. The van der Waals surface area contributed by atoms with Crippen LogP contribution in [0.1, 0.15) is 17.9 Å². The largest absolute Gasteiger partial charge is 0.379 e. The number of pyridine rings is 1. The van der Waals surface area contributed by atoms with E-state index < -0.39 is 5.54 Å². The van der Waals surface area contributed by atoms with Crippen LogP contribution >= 0.6 is 0 Å². The van der Waals surface area contributed by atoms with Crippen LogP contribution in [-0.4, -0.2) is 28.3 Å². The van der Waals surface area contributed by atoms with Crippen molar-refractivity contribution in [3.8, 4) is 11.5 Å². The number of nitrogens with zero attached hydrogens (tertiary/aromatic N) is 3. The normalized spacial score (nSPS) is 23.4. The van der Waals surface area contributed by atoms with Gasteiger partial charge in [0.1, 0.15) is 11.2 Å². The minimum atomic E-state index is -0.659. The Balaban J connectivity index is 1.97. The molecule has 2 aromatic rings. The maximum Gasteiger partial charge on any atom is 0.249 e. The molecule has 0 spiro atoms. The molecule has 2 N–H and O–H groups in total. The predicted molar refractivity (Wildman–Crippen MR) is 63.6 cm³/mol. The lowest BCUT2D eigenvalue weighted by Crippen LogP contribution is -2.37. The Morgan fingerprint density at radius 1 is 1.44 bits per heavy atom. The van der Waals surface area contributed by atoms with Gasteiger partial charge in [0.25, 0.3) is 0 Å². The number of nitrogens with two attached hydrogens (primary N) is 1. The minimum Gasteiger partial charge on any atom is -0.379 e. The summed E-state index contributed by atoms with van der Waals surface area (Å²) in [6.45, 7) is 2.99. The van der Waals surface area contributed by atoms with E-state index in [1.54, 1.807) is 6.20 Å². The van der Waals surface area contributed by atoms with E-state index in [1.165, 1.54) is 0 Å². The van der Waals surface area contributed by atoms with Crippen molar-refractivity contribution in [1.82, 2.24) is 15.1 Å². The van der Waals surface area contributed by atoms with E-state index in [4.69, 9.17) is 15.0 Å². The first-order chi connectivity index (χ1) is 8.69. The van der Waals surface area contributed by atoms with Gasteiger partial charge in [-0.15, -0.1) is 0 Å². The third-order valence-corrected chi connectivity index (χ3v) is 3.13. The lowest BCUT2D eigenvalue weighted by Gasteiger charge is -2.14. The van der Waals surface area contributed by atoms with Gasteiger partial charge in [0.2, 0.25) is 11.7 Å². The van der Waals surface area contributed by atoms with Crippen molar-refractivity contribution in [3.63, 3.8) is 0 Å². The second-order valence-corrected chi connectivity index (χ2v) is 4.55. The SMILES string of the molecule is Cc1cccnc1-c1noc(C2(N)CCOC2)n1. The molecule has 3 rings (SSSR count). The van der Waals surface area contributed by atoms with Crippen LogP contribution in [0.3, 0.4) is 0 Å². The lowest BCUT2D eigenvalue weighted by molar-refractivity contribution is 0.166. The lowest BCUT2D eigenvalue weighted by atomic mass is 10.0. The van der Waals surface area contributed by atoms with Crippen LogP contribution in [0.25, 0.3) is 11.5 Å². The smallest absolute Gasteiger partial charge is 0.249 e.